The van der Waals surface area contributed by atoms with Crippen molar-refractivity contribution in [1.29, 1.82) is 0 Å². The van der Waals surface area contributed by atoms with Gasteiger partial charge in [-0.3, -0.25) is 4.79 Å². The summed E-state index contributed by atoms with van der Waals surface area (Å²) in [5, 5.41) is 135. The van der Waals surface area contributed by atoms with Gasteiger partial charge in [0.15, 0.2) is 57.8 Å². The molecule has 20 heteroatoms. The van der Waals surface area contributed by atoms with Crippen LogP contribution in [0.2, 0.25) is 0 Å². The number of hydrogen-bond acceptors (Lipinski definition) is 20. The van der Waals surface area contributed by atoms with E-state index in [1.54, 1.807) is 0 Å². The van der Waals surface area contributed by atoms with Crippen LogP contribution in [0.15, 0.2) is 71.5 Å². The number of hydrogen-bond donors (Lipinski definition) is 13. The lowest BCUT2D eigenvalue weighted by Gasteiger charge is -2.35. The Kier molecular flexibility index (Phi) is 9.86. The van der Waals surface area contributed by atoms with Crippen LogP contribution in [0.1, 0.15) is 55.2 Å². The van der Waals surface area contributed by atoms with Crippen molar-refractivity contribution in [2.75, 3.05) is 0 Å². The van der Waals surface area contributed by atoms with Crippen LogP contribution in [-0.2, 0) is 17.6 Å². The maximum absolute atomic E-state index is 13.8. The van der Waals surface area contributed by atoms with E-state index in [1.165, 1.54) is 6.07 Å². The lowest BCUT2D eigenvalue weighted by Crippen LogP contribution is -2.35. The number of phenolic OH excluding ortho intramolecular Hbond substituents is 11. The van der Waals surface area contributed by atoms with Crippen LogP contribution in [0, 0.1) is 0 Å². The van der Waals surface area contributed by atoms with Gasteiger partial charge in [-0.05, 0) is 53.4 Å². The van der Waals surface area contributed by atoms with Gasteiger partial charge in [0, 0.05) is 53.8 Å². The second-order valence-electron chi connectivity index (χ2n) is 14.6. The molecule has 2 heterocycles. The van der Waals surface area contributed by atoms with Crippen molar-refractivity contribution in [2.24, 2.45) is 0 Å². The zero-order chi connectivity index (χ0) is 45.3. The van der Waals surface area contributed by atoms with Crippen LogP contribution in [0.3, 0.4) is 0 Å². The van der Waals surface area contributed by atoms with E-state index < -0.39 is 139 Å². The predicted molar refractivity (Wildman–Crippen MR) is 210 cm³/mol. The van der Waals surface area contributed by atoms with Gasteiger partial charge in [0.2, 0.25) is 5.43 Å². The first kappa shape index (κ1) is 41.1. The number of esters is 2. The molecular weight excluding hydrogens is 836 g/mol. The minimum atomic E-state index is -1.70. The molecule has 4 atom stereocenters. The maximum Gasteiger partial charge on any atom is 0.343 e. The first-order valence-electron chi connectivity index (χ1n) is 18.4. The van der Waals surface area contributed by atoms with Crippen molar-refractivity contribution < 1.29 is 94.9 Å². The molecular formula is C43H32O20. The molecule has 0 saturated heterocycles. The van der Waals surface area contributed by atoms with E-state index in [0.29, 0.717) is 0 Å². The van der Waals surface area contributed by atoms with Crippen molar-refractivity contribution in [3.8, 4) is 86.2 Å². The summed E-state index contributed by atoms with van der Waals surface area (Å²) in [5.41, 5.74) is -2.60. The van der Waals surface area contributed by atoms with E-state index >= 15 is 0 Å². The molecule has 6 aromatic carbocycles. The summed E-state index contributed by atoms with van der Waals surface area (Å²) < 4.78 is 23.6. The molecule has 6 aromatic rings. The molecule has 0 fully saturated rings. The molecule has 2 aliphatic heterocycles. The van der Waals surface area contributed by atoms with E-state index in [0.717, 1.165) is 60.7 Å². The van der Waals surface area contributed by atoms with E-state index in [1.807, 2.05) is 0 Å². The predicted octanol–water partition coefficient (Wildman–Crippen LogP) is 3.83. The zero-order valence-corrected chi connectivity index (χ0v) is 31.7. The highest BCUT2D eigenvalue weighted by atomic mass is 16.6. The molecule has 324 valence electrons. The van der Waals surface area contributed by atoms with Crippen LogP contribution in [0.5, 0.6) is 86.2 Å². The van der Waals surface area contributed by atoms with Gasteiger partial charge in [-0.15, -0.1) is 0 Å². The number of ether oxygens (including phenoxy) is 4. The van der Waals surface area contributed by atoms with Gasteiger partial charge < -0.3 is 85.3 Å². The number of aliphatic hydroxyl groups is 1. The molecule has 8 rings (SSSR count). The SMILES string of the molecule is O=C(Oc1cc(O)cc2c1CC(OC(=O)c1cc(O)c(O)c(O)c1)C(c1cc(O)c(O)c3c(=O)c(O)cc(C4Oc5cc(O)cc(O)c5CC4O)cc13)O2)c1cc(O)c(O)c(O)c1. The molecule has 0 saturated carbocycles. The first-order chi connectivity index (χ1) is 29.8. The Morgan fingerprint density at radius 2 is 1.08 bits per heavy atom. The van der Waals surface area contributed by atoms with Crippen molar-refractivity contribution in [2.45, 2.75) is 37.3 Å². The minimum Gasteiger partial charge on any atom is -0.508 e. The number of carbonyl (C=O) groups excluding carboxylic acids is 2. The summed E-state index contributed by atoms with van der Waals surface area (Å²) in [6.07, 6.45) is -7.04. The maximum atomic E-state index is 13.8. The van der Waals surface area contributed by atoms with Crippen molar-refractivity contribution in [3.05, 3.63) is 110 Å². The minimum absolute atomic E-state index is 0.0676. The number of carbonyl (C=O) groups is 2. The van der Waals surface area contributed by atoms with Gasteiger partial charge in [0.1, 0.15) is 46.7 Å². The van der Waals surface area contributed by atoms with Gasteiger partial charge in [0.05, 0.1) is 22.6 Å². The summed E-state index contributed by atoms with van der Waals surface area (Å²) in [4.78, 5) is 40.9. The van der Waals surface area contributed by atoms with Crippen LogP contribution < -0.4 is 19.6 Å². The molecule has 20 nitrogen and oxygen atoms in total. The highest BCUT2D eigenvalue weighted by Crippen LogP contribution is 2.49. The molecule has 2 aliphatic rings. The van der Waals surface area contributed by atoms with Crippen molar-refractivity contribution in [3.63, 3.8) is 0 Å². The number of aromatic hydroxyl groups is 12. The largest absolute Gasteiger partial charge is 0.508 e. The normalized spacial score (nSPS) is 17.7. The fraction of sp³-hybridized carbons (Fsp3) is 0.140. The highest BCUT2D eigenvalue weighted by Gasteiger charge is 2.40. The van der Waals surface area contributed by atoms with Gasteiger partial charge in [-0.2, -0.15) is 0 Å². The molecule has 63 heavy (non-hydrogen) atoms. The molecule has 0 aliphatic carbocycles. The average Bonchev–Trinajstić information content (AvgIpc) is 3.35. The fourth-order valence-electron chi connectivity index (χ4n) is 7.49. The summed E-state index contributed by atoms with van der Waals surface area (Å²) in [5.74, 6) is -13.1. The van der Waals surface area contributed by atoms with Crippen LogP contribution in [0.25, 0.3) is 10.8 Å². The fourth-order valence-corrected chi connectivity index (χ4v) is 7.49. The molecule has 0 amide bonds. The highest BCUT2D eigenvalue weighted by molar-refractivity contribution is 5.95. The smallest absolute Gasteiger partial charge is 0.343 e. The topological polar surface area (TPSA) is 351 Å². The quantitative estimate of drug-likeness (QED) is 0.0642. The number of phenols is 11. The summed E-state index contributed by atoms with van der Waals surface area (Å²) in [6.45, 7) is 0. The number of rotatable bonds is 6. The first-order valence-corrected chi connectivity index (χ1v) is 18.4. The Morgan fingerprint density at radius 1 is 0.540 bits per heavy atom. The summed E-state index contributed by atoms with van der Waals surface area (Å²) in [6, 6.07) is 10.3. The third-order valence-electron chi connectivity index (χ3n) is 10.5. The van der Waals surface area contributed by atoms with Crippen LogP contribution in [0.4, 0.5) is 0 Å². The number of aliphatic hydroxyl groups excluding tert-OH is 1. The third-order valence-corrected chi connectivity index (χ3v) is 10.5. The van der Waals surface area contributed by atoms with Crippen molar-refractivity contribution in [1.82, 2.24) is 0 Å². The van der Waals surface area contributed by atoms with Gasteiger partial charge in [0.25, 0.3) is 0 Å². The van der Waals surface area contributed by atoms with Gasteiger partial charge >= 0.3 is 11.9 Å². The van der Waals surface area contributed by atoms with E-state index in [2.05, 4.69) is 0 Å². The monoisotopic (exact) mass is 868 g/mol. The van der Waals surface area contributed by atoms with E-state index in [-0.39, 0.29) is 45.6 Å². The average molecular weight is 869 g/mol. The van der Waals surface area contributed by atoms with Crippen LogP contribution >= 0.6 is 0 Å². The zero-order valence-electron chi connectivity index (χ0n) is 31.7. The Morgan fingerprint density at radius 3 is 1.70 bits per heavy atom. The van der Waals surface area contributed by atoms with Gasteiger partial charge in [-0.1, -0.05) is 0 Å². The molecule has 0 radical (unpaired) electrons. The molecule has 0 bridgehead atoms. The Hall–Kier alpha value is -8.65. The summed E-state index contributed by atoms with van der Waals surface area (Å²) >= 11 is 0. The molecule has 0 aromatic heterocycles. The number of fused-ring (bicyclic) bond motifs is 3. The Bertz CT molecular complexity index is 2950. The molecule has 13 N–H and O–H groups in total. The van der Waals surface area contributed by atoms with Gasteiger partial charge in [-0.25, -0.2) is 9.59 Å². The Balaban J connectivity index is 1.30. The lowest BCUT2D eigenvalue weighted by atomic mass is 9.89. The van der Waals surface area contributed by atoms with E-state index in [4.69, 9.17) is 18.9 Å². The standard InChI is InChI=1S/C43H32O20/c44-17-7-23(46)21-12-30(53)40(60-31(21)8-17)14-1-19-20(11-29(52)39(57)35(19)38(56)28(51)2-14)41-34(63-43(59)16-5-26(49)37(55)27(50)6-16)13-22-32(61-41)9-18(45)10-33(22)62-42(58)15-3-24(47)36(54)25(48)4-15/h1-11,30,34,40-41,44-50,52-55,57H,12-13H2,(H,51,56). The summed E-state index contributed by atoms with van der Waals surface area (Å²) in [7, 11) is 0. The second-order valence-corrected chi connectivity index (χ2v) is 14.6. The Labute approximate surface area is 351 Å². The van der Waals surface area contributed by atoms with Crippen LogP contribution in [-0.4, -0.2) is 90.5 Å². The van der Waals surface area contributed by atoms with Crippen molar-refractivity contribution >= 4 is 22.7 Å². The third kappa shape index (κ3) is 7.24. The number of benzene rings is 5. The molecule has 4 unspecified atom stereocenters. The lowest BCUT2D eigenvalue weighted by molar-refractivity contribution is -0.0185. The second kappa shape index (κ2) is 15.1. The molecule has 0 spiro atoms. The van der Waals surface area contributed by atoms with E-state index in [9.17, 15) is 80.8 Å².